The fraction of sp³-hybridized carbons (Fsp3) is 0.520. The SMILES string of the molecule is COc1cc(CNC23CC4CC(CC(C4)C2)C3)cc(Cl)c1OCc1ccccc1. The fourth-order valence-electron chi connectivity index (χ4n) is 6.36. The lowest BCUT2D eigenvalue weighted by molar-refractivity contribution is -0.0206. The van der Waals surface area contributed by atoms with E-state index >= 15 is 0 Å². The monoisotopic (exact) mass is 411 g/mol. The highest BCUT2D eigenvalue weighted by atomic mass is 35.5. The number of hydrogen-bond donors (Lipinski definition) is 1. The molecule has 0 heterocycles. The number of nitrogens with one attached hydrogen (secondary N) is 1. The van der Waals surface area contributed by atoms with Gasteiger partial charge in [-0.15, -0.1) is 0 Å². The summed E-state index contributed by atoms with van der Waals surface area (Å²) in [5, 5.41) is 4.56. The van der Waals surface area contributed by atoms with Crippen molar-refractivity contribution in [2.75, 3.05) is 7.11 Å². The van der Waals surface area contributed by atoms with Gasteiger partial charge in [0, 0.05) is 12.1 Å². The number of ether oxygens (including phenoxy) is 2. The first-order valence-corrected chi connectivity index (χ1v) is 11.3. The molecule has 0 radical (unpaired) electrons. The molecular weight excluding hydrogens is 382 g/mol. The minimum Gasteiger partial charge on any atom is -0.493 e. The fourth-order valence-corrected chi connectivity index (χ4v) is 6.65. The van der Waals surface area contributed by atoms with Gasteiger partial charge < -0.3 is 14.8 Å². The van der Waals surface area contributed by atoms with Crippen LogP contribution >= 0.6 is 11.6 Å². The van der Waals surface area contributed by atoms with Gasteiger partial charge in [-0.25, -0.2) is 0 Å². The largest absolute Gasteiger partial charge is 0.493 e. The topological polar surface area (TPSA) is 30.5 Å². The van der Waals surface area contributed by atoms with Gasteiger partial charge in [-0.05, 0) is 79.5 Å². The molecule has 154 valence electrons. The molecule has 6 rings (SSSR count). The molecule has 2 aromatic rings. The summed E-state index contributed by atoms with van der Waals surface area (Å²) in [7, 11) is 1.68. The Balaban J connectivity index is 1.28. The van der Waals surface area contributed by atoms with Crippen molar-refractivity contribution in [1.82, 2.24) is 5.32 Å². The van der Waals surface area contributed by atoms with E-state index < -0.39 is 0 Å². The molecule has 0 aliphatic heterocycles. The number of hydrogen-bond acceptors (Lipinski definition) is 3. The third kappa shape index (κ3) is 4.00. The number of benzene rings is 2. The van der Waals surface area contributed by atoms with Crippen LogP contribution in [0.1, 0.15) is 49.7 Å². The van der Waals surface area contributed by atoms with Crippen LogP contribution in [-0.2, 0) is 13.2 Å². The Labute approximate surface area is 178 Å². The quantitative estimate of drug-likeness (QED) is 0.607. The van der Waals surface area contributed by atoms with Gasteiger partial charge in [0.05, 0.1) is 12.1 Å². The van der Waals surface area contributed by atoms with Crippen molar-refractivity contribution in [3.05, 3.63) is 58.6 Å². The molecule has 4 bridgehead atoms. The summed E-state index contributed by atoms with van der Waals surface area (Å²) in [6.07, 6.45) is 8.45. The third-order valence-corrected chi connectivity index (χ3v) is 7.50. The molecule has 4 fully saturated rings. The standard InChI is InChI=1S/C25H30ClNO2/c1-28-23-11-21(10-22(26)24(23)29-16-17-5-3-2-4-6-17)15-27-25-12-18-7-19(13-25)9-20(8-18)14-25/h2-6,10-11,18-20,27H,7-9,12-16H2,1H3. The molecule has 3 nitrogen and oxygen atoms in total. The van der Waals surface area contributed by atoms with Gasteiger partial charge in [-0.3, -0.25) is 0 Å². The molecule has 0 aromatic heterocycles. The van der Waals surface area contributed by atoms with Crippen LogP contribution in [0.5, 0.6) is 11.5 Å². The van der Waals surface area contributed by atoms with Crippen LogP contribution in [-0.4, -0.2) is 12.6 Å². The van der Waals surface area contributed by atoms with E-state index in [1.165, 1.54) is 38.5 Å². The van der Waals surface area contributed by atoms with E-state index in [2.05, 4.69) is 11.4 Å². The van der Waals surface area contributed by atoms with Crippen LogP contribution < -0.4 is 14.8 Å². The van der Waals surface area contributed by atoms with E-state index in [0.717, 1.165) is 35.4 Å². The predicted octanol–water partition coefficient (Wildman–Crippen LogP) is 5.99. The summed E-state index contributed by atoms with van der Waals surface area (Å²) in [6, 6.07) is 14.2. The molecule has 1 N–H and O–H groups in total. The smallest absolute Gasteiger partial charge is 0.180 e. The molecule has 2 aromatic carbocycles. The average Bonchev–Trinajstić information content (AvgIpc) is 2.71. The highest BCUT2D eigenvalue weighted by molar-refractivity contribution is 6.32. The molecule has 4 aliphatic rings. The van der Waals surface area contributed by atoms with Crippen LogP contribution in [0, 0.1) is 17.8 Å². The van der Waals surface area contributed by atoms with Crippen LogP contribution in [0.2, 0.25) is 5.02 Å². The highest BCUT2D eigenvalue weighted by Gasteiger charge is 2.50. The predicted molar refractivity (Wildman–Crippen MR) is 117 cm³/mol. The Morgan fingerprint density at radius 3 is 2.24 bits per heavy atom. The summed E-state index contributed by atoms with van der Waals surface area (Å²) in [4.78, 5) is 0. The zero-order valence-electron chi connectivity index (χ0n) is 17.1. The first-order chi connectivity index (χ1) is 14.1. The van der Waals surface area contributed by atoms with Crippen molar-refractivity contribution in [1.29, 1.82) is 0 Å². The molecule has 0 unspecified atom stereocenters. The lowest BCUT2D eigenvalue weighted by Gasteiger charge is -2.57. The highest BCUT2D eigenvalue weighted by Crippen LogP contribution is 2.55. The number of halogens is 1. The maximum atomic E-state index is 6.60. The molecule has 0 saturated heterocycles. The van der Waals surface area contributed by atoms with Gasteiger partial charge in [0.15, 0.2) is 11.5 Å². The van der Waals surface area contributed by atoms with Gasteiger partial charge in [-0.1, -0.05) is 41.9 Å². The van der Waals surface area contributed by atoms with Crippen LogP contribution in [0.3, 0.4) is 0 Å². The normalized spacial score (nSPS) is 29.8. The van der Waals surface area contributed by atoms with Crippen LogP contribution in [0.25, 0.3) is 0 Å². The summed E-state index contributed by atoms with van der Waals surface area (Å²) in [6.45, 7) is 1.31. The summed E-state index contributed by atoms with van der Waals surface area (Å²) < 4.78 is 11.6. The maximum absolute atomic E-state index is 6.60. The lowest BCUT2D eigenvalue weighted by Crippen LogP contribution is -2.58. The van der Waals surface area contributed by atoms with Crippen molar-refractivity contribution in [3.63, 3.8) is 0 Å². The van der Waals surface area contributed by atoms with Gasteiger partial charge in [0.1, 0.15) is 6.61 Å². The van der Waals surface area contributed by atoms with E-state index in [4.69, 9.17) is 21.1 Å². The van der Waals surface area contributed by atoms with E-state index in [1.54, 1.807) is 7.11 Å². The summed E-state index contributed by atoms with van der Waals surface area (Å²) >= 11 is 6.60. The summed E-state index contributed by atoms with van der Waals surface area (Å²) in [5.41, 5.74) is 2.62. The first kappa shape index (κ1) is 19.3. The van der Waals surface area contributed by atoms with Crippen molar-refractivity contribution in [2.45, 2.75) is 57.2 Å². The lowest BCUT2D eigenvalue weighted by atomic mass is 9.53. The Bertz CT molecular complexity index is 831. The van der Waals surface area contributed by atoms with E-state index in [9.17, 15) is 0 Å². The molecular formula is C25H30ClNO2. The molecule has 0 atom stereocenters. The second kappa shape index (κ2) is 7.85. The molecule has 4 aliphatic carbocycles. The second-order valence-electron chi connectivity index (χ2n) is 9.43. The molecule has 4 heteroatoms. The third-order valence-electron chi connectivity index (χ3n) is 7.22. The van der Waals surface area contributed by atoms with Crippen LogP contribution in [0.4, 0.5) is 0 Å². The number of methoxy groups -OCH3 is 1. The Kier molecular flexibility index (Phi) is 5.21. The molecule has 0 amide bonds. The van der Waals surface area contributed by atoms with Crippen LogP contribution in [0.15, 0.2) is 42.5 Å². The summed E-state index contributed by atoms with van der Waals surface area (Å²) in [5.74, 6) is 4.16. The van der Waals surface area contributed by atoms with Gasteiger partial charge in [0.2, 0.25) is 0 Å². The number of rotatable bonds is 7. The zero-order valence-corrected chi connectivity index (χ0v) is 17.9. The molecule has 4 saturated carbocycles. The average molecular weight is 412 g/mol. The Hall–Kier alpha value is -1.71. The van der Waals surface area contributed by atoms with E-state index in [0.29, 0.717) is 28.7 Å². The molecule has 0 spiro atoms. The zero-order chi connectivity index (χ0) is 19.8. The van der Waals surface area contributed by atoms with Gasteiger partial charge in [-0.2, -0.15) is 0 Å². The van der Waals surface area contributed by atoms with Crippen molar-refractivity contribution in [2.24, 2.45) is 17.8 Å². The van der Waals surface area contributed by atoms with Crippen molar-refractivity contribution in [3.8, 4) is 11.5 Å². The van der Waals surface area contributed by atoms with E-state index in [1.807, 2.05) is 36.4 Å². The minimum atomic E-state index is 0.344. The van der Waals surface area contributed by atoms with Gasteiger partial charge in [0.25, 0.3) is 0 Å². The molecule has 29 heavy (non-hydrogen) atoms. The van der Waals surface area contributed by atoms with Crippen molar-refractivity contribution < 1.29 is 9.47 Å². The second-order valence-corrected chi connectivity index (χ2v) is 9.84. The minimum absolute atomic E-state index is 0.344. The van der Waals surface area contributed by atoms with Crippen molar-refractivity contribution >= 4 is 11.6 Å². The Morgan fingerprint density at radius 2 is 1.62 bits per heavy atom. The first-order valence-electron chi connectivity index (χ1n) is 10.9. The van der Waals surface area contributed by atoms with E-state index in [-0.39, 0.29) is 0 Å². The Morgan fingerprint density at radius 1 is 0.966 bits per heavy atom. The van der Waals surface area contributed by atoms with Gasteiger partial charge >= 0.3 is 0 Å². The maximum Gasteiger partial charge on any atom is 0.180 e.